The lowest BCUT2D eigenvalue weighted by Crippen LogP contribution is -2.46. The molecule has 23 heavy (non-hydrogen) atoms. The molecule has 0 aromatic heterocycles. The Morgan fingerprint density at radius 2 is 1.91 bits per heavy atom. The topological polar surface area (TPSA) is 84.5 Å². The summed E-state index contributed by atoms with van der Waals surface area (Å²) in [6.07, 6.45) is 2.76. The second-order valence-electron chi connectivity index (χ2n) is 4.68. The second kappa shape index (κ2) is 9.63. The van der Waals surface area contributed by atoms with Gasteiger partial charge >= 0.3 is 5.97 Å². The maximum atomic E-state index is 11.6. The van der Waals surface area contributed by atoms with Crippen LogP contribution < -0.4 is 10.6 Å². The van der Waals surface area contributed by atoms with E-state index in [4.69, 9.17) is 16.3 Å². The first-order chi connectivity index (χ1) is 10.9. The Morgan fingerprint density at radius 1 is 1.26 bits per heavy atom. The number of amides is 2. The van der Waals surface area contributed by atoms with E-state index < -0.39 is 24.5 Å². The Bertz CT molecular complexity index is 584. The van der Waals surface area contributed by atoms with Gasteiger partial charge < -0.3 is 15.4 Å². The van der Waals surface area contributed by atoms with Crippen LogP contribution >= 0.6 is 11.6 Å². The highest BCUT2D eigenvalue weighted by molar-refractivity contribution is 6.30. The molecule has 124 valence electrons. The molecule has 0 unspecified atom stereocenters. The molecule has 0 aliphatic rings. The fraction of sp³-hybridized carbons (Fsp3) is 0.312. The minimum atomic E-state index is -0.689. The van der Waals surface area contributed by atoms with Crippen molar-refractivity contribution in [2.24, 2.45) is 0 Å². The molecule has 1 aromatic carbocycles. The van der Waals surface area contributed by atoms with Crippen LogP contribution in [0.1, 0.15) is 19.4 Å². The molecule has 0 saturated heterocycles. The molecule has 7 heteroatoms. The van der Waals surface area contributed by atoms with E-state index >= 15 is 0 Å². The first-order valence-electron chi connectivity index (χ1n) is 7.10. The van der Waals surface area contributed by atoms with Crippen molar-refractivity contribution in [3.8, 4) is 0 Å². The molecule has 0 aliphatic heterocycles. The van der Waals surface area contributed by atoms with Gasteiger partial charge in [-0.3, -0.25) is 9.59 Å². The summed E-state index contributed by atoms with van der Waals surface area (Å²) in [5.74, 6) is -1.49. The van der Waals surface area contributed by atoms with Gasteiger partial charge in [-0.15, -0.1) is 0 Å². The molecular weight excluding hydrogens is 320 g/mol. The SMILES string of the molecule is CCNC(=O)[C@H](C)NC(=O)COC(=O)/C=C/c1ccc(Cl)cc1. The number of ether oxygens (including phenoxy) is 1. The summed E-state index contributed by atoms with van der Waals surface area (Å²) in [6, 6.07) is 6.19. The third-order valence-electron chi connectivity index (χ3n) is 2.75. The predicted octanol–water partition coefficient (Wildman–Crippen LogP) is 1.54. The number of carbonyl (C=O) groups excluding carboxylic acids is 3. The van der Waals surface area contributed by atoms with Crippen molar-refractivity contribution >= 4 is 35.5 Å². The molecular formula is C16H19ClN2O4. The van der Waals surface area contributed by atoms with Crippen molar-refractivity contribution in [1.82, 2.24) is 10.6 Å². The van der Waals surface area contributed by atoms with Gasteiger partial charge in [-0.25, -0.2) is 4.79 Å². The summed E-state index contributed by atoms with van der Waals surface area (Å²) in [5.41, 5.74) is 0.778. The maximum absolute atomic E-state index is 11.6. The molecule has 1 rings (SSSR count). The quantitative estimate of drug-likeness (QED) is 0.583. The number of esters is 1. The highest BCUT2D eigenvalue weighted by atomic mass is 35.5. The van der Waals surface area contributed by atoms with E-state index in [-0.39, 0.29) is 5.91 Å². The van der Waals surface area contributed by atoms with Crippen LogP contribution in [0, 0.1) is 0 Å². The predicted molar refractivity (Wildman–Crippen MR) is 87.7 cm³/mol. The number of hydrogen-bond donors (Lipinski definition) is 2. The summed E-state index contributed by atoms with van der Waals surface area (Å²) in [6.45, 7) is 3.35. The van der Waals surface area contributed by atoms with Crippen molar-refractivity contribution in [3.63, 3.8) is 0 Å². The molecule has 0 aliphatic carbocycles. The monoisotopic (exact) mass is 338 g/mol. The number of benzene rings is 1. The molecule has 0 bridgehead atoms. The minimum absolute atomic E-state index is 0.296. The van der Waals surface area contributed by atoms with Gasteiger partial charge in [-0.05, 0) is 37.6 Å². The van der Waals surface area contributed by atoms with Crippen molar-refractivity contribution in [1.29, 1.82) is 0 Å². The van der Waals surface area contributed by atoms with Crippen LogP contribution in [0.25, 0.3) is 6.08 Å². The van der Waals surface area contributed by atoms with Crippen molar-refractivity contribution in [2.75, 3.05) is 13.2 Å². The van der Waals surface area contributed by atoms with Crippen LogP contribution in [-0.2, 0) is 19.1 Å². The molecule has 2 amide bonds. The van der Waals surface area contributed by atoms with Crippen molar-refractivity contribution in [2.45, 2.75) is 19.9 Å². The van der Waals surface area contributed by atoms with E-state index in [1.165, 1.54) is 6.08 Å². The average Bonchev–Trinajstić information content (AvgIpc) is 2.52. The van der Waals surface area contributed by atoms with Gasteiger partial charge in [-0.2, -0.15) is 0 Å². The number of likely N-dealkylation sites (N-methyl/N-ethyl adjacent to an activating group) is 1. The minimum Gasteiger partial charge on any atom is -0.452 e. The maximum Gasteiger partial charge on any atom is 0.331 e. The summed E-state index contributed by atoms with van der Waals surface area (Å²) < 4.78 is 4.79. The van der Waals surface area contributed by atoms with E-state index in [9.17, 15) is 14.4 Å². The third kappa shape index (κ3) is 7.46. The molecule has 0 saturated carbocycles. The zero-order valence-corrected chi connectivity index (χ0v) is 13.7. The standard InChI is InChI=1S/C16H19ClN2O4/c1-3-18-16(22)11(2)19-14(20)10-23-15(21)9-6-12-4-7-13(17)8-5-12/h4-9,11H,3,10H2,1-2H3,(H,18,22)(H,19,20)/b9-6+/t11-/m0/s1. The Labute approximate surface area is 139 Å². The van der Waals surface area contributed by atoms with Gasteiger partial charge in [0.05, 0.1) is 0 Å². The Morgan fingerprint density at radius 3 is 2.52 bits per heavy atom. The average molecular weight is 339 g/mol. The lowest BCUT2D eigenvalue weighted by Gasteiger charge is -2.12. The first kappa shape index (κ1) is 18.7. The number of nitrogens with one attached hydrogen (secondary N) is 2. The molecule has 0 heterocycles. The molecule has 0 fully saturated rings. The second-order valence-corrected chi connectivity index (χ2v) is 5.11. The Hall–Kier alpha value is -2.34. The number of rotatable bonds is 7. The fourth-order valence-electron chi connectivity index (χ4n) is 1.60. The highest BCUT2D eigenvalue weighted by Gasteiger charge is 2.15. The van der Waals surface area contributed by atoms with Gasteiger partial charge in [-0.1, -0.05) is 23.7 Å². The summed E-state index contributed by atoms with van der Waals surface area (Å²) >= 11 is 5.75. The van der Waals surface area contributed by atoms with Crippen molar-refractivity contribution in [3.05, 3.63) is 40.9 Å². The number of hydrogen-bond acceptors (Lipinski definition) is 4. The van der Waals surface area contributed by atoms with Gasteiger partial charge in [0.15, 0.2) is 6.61 Å². The number of halogens is 1. The zero-order chi connectivity index (χ0) is 17.2. The molecule has 1 atom stereocenters. The molecule has 6 nitrogen and oxygen atoms in total. The zero-order valence-electron chi connectivity index (χ0n) is 13.0. The van der Waals surface area contributed by atoms with Gasteiger partial charge in [0.25, 0.3) is 5.91 Å². The van der Waals surface area contributed by atoms with Gasteiger partial charge in [0, 0.05) is 17.6 Å². The van der Waals surface area contributed by atoms with Gasteiger partial charge in [0.1, 0.15) is 6.04 Å². The van der Waals surface area contributed by atoms with Crippen LogP contribution in [0.2, 0.25) is 5.02 Å². The van der Waals surface area contributed by atoms with Crippen molar-refractivity contribution < 1.29 is 19.1 Å². The van der Waals surface area contributed by atoms with E-state index in [0.29, 0.717) is 11.6 Å². The summed E-state index contributed by atoms with van der Waals surface area (Å²) in [5, 5.41) is 5.61. The molecule has 0 spiro atoms. The molecule has 2 N–H and O–H groups in total. The van der Waals surface area contributed by atoms with E-state index in [2.05, 4.69) is 10.6 Å². The van der Waals surface area contributed by atoms with Crippen LogP contribution in [0.3, 0.4) is 0 Å². The van der Waals surface area contributed by atoms with Gasteiger partial charge in [0.2, 0.25) is 5.91 Å². The highest BCUT2D eigenvalue weighted by Crippen LogP contribution is 2.10. The Balaban J connectivity index is 2.36. The van der Waals surface area contributed by atoms with Crippen LogP contribution in [0.15, 0.2) is 30.3 Å². The normalized spacial score (nSPS) is 11.8. The fourth-order valence-corrected chi connectivity index (χ4v) is 1.72. The van der Waals surface area contributed by atoms with Crippen LogP contribution in [0.5, 0.6) is 0 Å². The van der Waals surface area contributed by atoms with E-state index in [1.807, 2.05) is 0 Å². The number of carbonyl (C=O) groups is 3. The lowest BCUT2D eigenvalue weighted by atomic mass is 10.2. The summed E-state index contributed by atoms with van der Waals surface area (Å²) in [4.78, 5) is 34.5. The molecule has 1 aromatic rings. The first-order valence-corrected chi connectivity index (χ1v) is 7.47. The largest absolute Gasteiger partial charge is 0.452 e. The smallest absolute Gasteiger partial charge is 0.331 e. The van der Waals surface area contributed by atoms with E-state index in [0.717, 1.165) is 5.56 Å². The summed E-state index contributed by atoms with van der Waals surface area (Å²) in [7, 11) is 0. The Kier molecular flexibility index (Phi) is 7.83. The van der Waals surface area contributed by atoms with E-state index in [1.54, 1.807) is 44.2 Å². The van der Waals surface area contributed by atoms with Crippen LogP contribution in [-0.4, -0.2) is 37.0 Å². The molecule has 0 radical (unpaired) electrons. The third-order valence-corrected chi connectivity index (χ3v) is 3.00. The lowest BCUT2D eigenvalue weighted by molar-refractivity contribution is -0.144. The van der Waals surface area contributed by atoms with Crippen LogP contribution in [0.4, 0.5) is 0 Å².